The SMILES string of the molecule is C=CC(C)NCCCOCC(F)(F)F. The highest BCUT2D eigenvalue weighted by Crippen LogP contribution is 2.14. The molecule has 2 nitrogen and oxygen atoms in total. The van der Waals surface area contributed by atoms with Crippen LogP contribution in [0.1, 0.15) is 13.3 Å². The Hall–Kier alpha value is -0.550. The minimum absolute atomic E-state index is 0.121. The predicted octanol–water partition coefficient (Wildman–Crippen LogP) is 2.12. The van der Waals surface area contributed by atoms with Crippen molar-refractivity contribution < 1.29 is 17.9 Å². The molecule has 0 aromatic heterocycles. The molecule has 5 heteroatoms. The maximum atomic E-state index is 11.6. The number of nitrogens with one attached hydrogen (secondary N) is 1. The Morgan fingerprint density at radius 1 is 1.50 bits per heavy atom. The molecule has 0 aliphatic carbocycles. The third-order valence-corrected chi connectivity index (χ3v) is 1.55. The van der Waals surface area contributed by atoms with Crippen molar-refractivity contribution in [1.29, 1.82) is 0 Å². The van der Waals surface area contributed by atoms with Crippen LogP contribution in [0.25, 0.3) is 0 Å². The predicted molar refractivity (Wildman–Crippen MR) is 49.2 cm³/mol. The van der Waals surface area contributed by atoms with E-state index in [0.29, 0.717) is 13.0 Å². The number of hydrogen-bond donors (Lipinski definition) is 1. The number of rotatable bonds is 7. The van der Waals surface area contributed by atoms with Crippen molar-refractivity contribution in [3.05, 3.63) is 12.7 Å². The summed E-state index contributed by atoms with van der Waals surface area (Å²) in [5.41, 5.74) is 0. The Balaban J connectivity index is 3.18. The first-order chi connectivity index (χ1) is 6.45. The van der Waals surface area contributed by atoms with Gasteiger partial charge in [-0.25, -0.2) is 0 Å². The second kappa shape index (κ2) is 6.84. The molecule has 0 fully saturated rings. The van der Waals surface area contributed by atoms with Gasteiger partial charge in [0.25, 0.3) is 0 Å². The summed E-state index contributed by atoms with van der Waals surface area (Å²) in [6.45, 7) is 5.07. The molecule has 0 spiro atoms. The van der Waals surface area contributed by atoms with Gasteiger partial charge in [-0.15, -0.1) is 6.58 Å². The summed E-state index contributed by atoms with van der Waals surface area (Å²) in [4.78, 5) is 0. The van der Waals surface area contributed by atoms with Crippen LogP contribution < -0.4 is 5.32 Å². The fraction of sp³-hybridized carbons (Fsp3) is 0.778. The quantitative estimate of drug-likeness (QED) is 0.514. The van der Waals surface area contributed by atoms with Crippen LogP contribution in [0.4, 0.5) is 13.2 Å². The van der Waals surface area contributed by atoms with Crippen molar-refractivity contribution >= 4 is 0 Å². The van der Waals surface area contributed by atoms with Gasteiger partial charge >= 0.3 is 6.18 Å². The van der Waals surface area contributed by atoms with Crippen molar-refractivity contribution in [3.8, 4) is 0 Å². The minimum atomic E-state index is -4.22. The average molecular weight is 211 g/mol. The first-order valence-corrected chi connectivity index (χ1v) is 4.46. The maximum absolute atomic E-state index is 11.6. The van der Waals surface area contributed by atoms with Crippen LogP contribution in [0.5, 0.6) is 0 Å². The van der Waals surface area contributed by atoms with Crippen molar-refractivity contribution in [2.45, 2.75) is 25.6 Å². The number of ether oxygens (including phenoxy) is 1. The molecule has 0 heterocycles. The molecule has 0 bridgehead atoms. The van der Waals surface area contributed by atoms with E-state index in [-0.39, 0.29) is 12.6 Å². The van der Waals surface area contributed by atoms with Crippen molar-refractivity contribution in [2.75, 3.05) is 19.8 Å². The monoisotopic (exact) mass is 211 g/mol. The van der Waals surface area contributed by atoms with Gasteiger partial charge in [0.05, 0.1) is 0 Å². The lowest BCUT2D eigenvalue weighted by atomic mass is 10.3. The standard InChI is InChI=1S/C9H16F3NO/c1-3-8(2)13-5-4-6-14-7-9(10,11)12/h3,8,13H,1,4-7H2,2H3. The highest BCUT2D eigenvalue weighted by molar-refractivity contribution is 4.80. The lowest BCUT2D eigenvalue weighted by molar-refractivity contribution is -0.173. The van der Waals surface area contributed by atoms with E-state index < -0.39 is 12.8 Å². The van der Waals surface area contributed by atoms with Crippen molar-refractivity contribution in [1.82, 2.24) is 5.32 Å². The van der Waals surface area contributed by atoms with Gasteiger partial charge in [-0.3, -0.25) is 0 Å². The van der Waals surface area contributed by atoms with Gasteiger partial charge in [0.15, 0.2) is 0 Å². The molecule has 0 aliphatic heterocycles. The molecular formula is C9H16F3NO. The van der Waals surface area contributed by atoms with E-state index in [9.17, 15) is 13.2 Å². The zero-order valence-corrected chi connectivity index (χ0v) is 8.23. The average Bonchev–Trinajstić information content (AvgIpc) is 2.08. The topological polar surface area (TPSA) is 21.3 Å². The molecule has 0 rings (SSSR count). The van der Waals surface area contributed by atoms with Crippen molar-refractivity contribution in [2.24, 2.45) is 0 Å². The lowest BCUT2D eigenvalue weighted by Crippen LogP contribution is -2.26. The largest absolute Gasteiger partial charge is 0.411 e. The second-order valence-corrected chi connectivity index (χ2v) is 3.00. The molecule has 1 N–H and O–H groups in total. The maximum Gasteiger partial charge on any atom is 0.411 e. The number of hydrogen-bond acceptors (Lipinski definition) is 2. The minimum Gasteiger partial charge on any atom is -0.372 e. The Morgan fingerprint density at radius 2 is 2.14 bits per heavy atom. The lowest BCUT2D eigenvalue weighted by Gasteiger charge is -2.10. The van der Waals surface area contributed by atoms with Gasteiger partial charge in [-0.1, -0.05) is 6.08 Å². The first kappa shape index (κ1) is 13.4. The van der Waals surface area contributed by atoms with Gasteiger partial charge in [0, 0.05) is 12.6 Å². The van der Waals surface area contributed by atoms with E-state index in [1.54, 1.807) is 6.08 Å². The Bertz CT molecular complexity index is 159. The summed E-state index contributed by atoms with van der Waals surface area (Å²) in [6, 6.07) is 0.178. The molecule has 0 saturated carbocycles. The van der Waals surface area contributed by atoms with Crippen LogP contribution in [0.15, 0.2) is 12.7 Å². The van der Waals surface area contributed by atoms with Crippen LogP contribution in [0, 0.1) is 0 Å². The summed E-state index contributed by atoms with van der Waals surface area (Å²) in [5, 5.41) is 3.05. The molecule has 84 valence electrons. The number of halogens is 3. The molecule has 1 atom stereocenters. The van der Waals surface area contributed by atoms with E-state index >= 15 is 0 Å². The smallest absolute Gasteiger partial charge is 0.372 e. The van der Waals surface area contributed by atoms with Gasteiger partial charge in [-0.2, -0.15) is 13.2 Å². The van der Waals surface area contributed by atoms with E-state index in [1.807, 2.05) is 6.92 Å². The number of alkyl halides is 3. The van der Waals surface area contributed by atoms with Crippen LogP contribution in [-0.4, -0.2) is 32.0 Å². The molecule has 0 aromatic carbocycles. The zero-order valence-electron chi connectivity index (χ0n) is 8.23. The van der Waals surface area contributed by atoms with E-state index in [0.717, 1.165) is 0 Å². The molecule has 0 aliphatic rings. The molecular weight excluding hydrogens is 195 g/mol. The van der Waals surface area contributed by atoms with Crippen LogP contribution in [0.3, 0.4) is 0 Å². The summed E-state index contributed by atoms with van der Waals surface area (Å²) in [6.07, 6.45) is -1.92. The summed E-state index contributed by atoms with van der Waals surface area (Å²) in [7, 11) is 0. The fourth-order valence-corrected chi connectivity index (χ4v) is 0.775. The summed E-state index contributed by atoms with van der Waals surface area (Å²) < 4.78 is 39.2. The van der Waals surface area contributed by atoms with Gasteiger partial charge in [0.2, 0.25) is 0 Å². The molecule has 0 radical (unpaired) electrons. The Morgan fingerprint density at radius 3 is 2.64 bits per heavy atom. The summed E-state index contributed by atoms with van der Waals surface area (Å²) >= 11 is 0. The second-order valence-electron chi connectivity index (χ2n) is 3.00. The fourth-order valence-electron chi connectivity index (χ4n) is 0.775. The Labute approximate surface area is 82.1 Å². The van der Waals surface area contributed by atoms with E-state index in [4.69, 9.17) is 0 Å². The molecule has 0 amide bonds. The molecule has 0 saturated heterocycles. The molecule has 1 unspecified atom stereocenters. The van der Waals surface area contributed by atoms with E-state index in [1.165, 1.54) is 0 Å². The van der Waals surface area contributed by atoms with Crippen molar-refractivity contribution in [3.63, 3.8) is 0 Å². The highest BCUT2D eigenvalue weighted by atomic mass is 19.4. The van der Waals surface area contributed by atoms with E-state index in [2.05, 4.69) is 16.6 Å². The summed E-state index contributed by atoms with van der Waals surface area (Å²) in [5.74, 6) is 0. The molecule has 14 heavy (non-hydrogen) atoms. The van der Waals surface area contributed by atoms with Gasteiger partial charge in [-0.05, 0) is 19.9 Å². The van der Waals surface area contributed by atoms with Crippen LogP contribution in [-0.2, 0) is 4.74 Å². The van der Waals surface area contributed by atoms with Gasteiger partial charge in [0.1, 0.15) is 6.61 Å². The van der Waals surface area contributed by atoms with Crippen LogP contribution in [0.2, 0.25) is 0 Å². The van der Waals surface area contributed by atoms with Gasteiger partial charge < -0.3 is 10.1 Å². The third-order valence-electron chi connectivity index (χ3n) is 1.55. The molecule has 0 aromatic rings. The third kappa shape index (κ3) is 9.54. The first-order valence-electron chi connectivity index (χ1n) is 4.46. The normalized spacial score (nSPS) is 14.0. The Kier molecular flexibility index (Phi) is 6.57. The highest BCUT2D eigenvalue weighted by Gasteiger charge is 2.27. The zero-order chi connectivity index (χ0) is 11.0. The van der Waals surface area contributed by atoms with Crippen LogP contribution >= 0.6 is 0 Å².